The molecule has 1 rings (SSSR count). The summed E-state index contributed by atoms with van der Waals surface area (Å²) < 4.78 is 0. The maximum Gasteiger partial charge on any atom is 0.236 e. The first-order valence-electron chi connectivity index (χ1n) is 5.92. The normalized spacial score (nSPS) is 36.4. The third-order valence-electron chi connectivity index (χ3n) is 3.46. The Morgan fingerprint density at radius 1 is 1.13 bits per heavy atom. The van der Waals surface area contributed by atoms with Crippen molar-refractivity contribution < 1.29 is 14.9 Å². The van der Waals surface area contributed by atoms with Crippen molar-refractivity contribution in [2.75, 3.05) is 0 Å². The van der Waals surface area contributed by atoms with Crippen LogP contribution in [0, 0.1) is 5.41 Å². The van der Waals surface area contributed by atoms with Gasteiger partial charge in [0.15, 0.2) is 5.60 Å². The van der Waals surface area contributed by atoms with Crippen LogP contribution >= 0.6 is 0 Å². The number of rotatable bonds is 4. The van der Waals surface area contributed by atoms with Crippen LogP contribution < -0.4 is 0 Å². The Balaban J connectivity index is 2.83. The van der Waals surface area contributed by atoms with Crippen LogP contribution in [0.1, 0.15) is 60.3 Å². The topological polar surface area (TPSA) is 38.7 Å². The Morgan fingerprint density at radius 2 is 1.73 bits per heavy atom. The molecule has 3 heteroatoms. The molecule has 0 aromatic carbocycles. The molecular formula is C12H24O3. The van der Waals surface area contributed by atoms with Crippen molar-refractivity contribution in [3.05, 3.63) is 0 Å². The van der Waals surface area contributed by atoms with Gasteiger partial charge in [0.2, 0.25) is 5.79 Å². The zero-order valence-electron chi connectivity index (χ0n) is 10.6. The predicted octanol–water partition coefficient (Wildman–Crippen LogP) is 3.02. The molecule has 1 N–H and O–H groups in total. The lowest BCUT2D eigenvalue weighted by atomic mass is 9.70. The third kappa shape index (κ3) is 1.81. The van der Waals surface area contributed by atoms with Crippen LogP contribution in [-0.2, 0) is 9.78 Å². The van der Waals surface area contributed by atoms with Crippen LogP contribution in [0.5, 0.6) is 0 Å². The summed E-state index contributed by atoms with van der Waals surface area (Å²) in [6.45, 7) is 10.1. The van der Waals surface area contributed by atoms with E-state index >= 15 is 0 Å². The number of hydrogen-bond acceptors (Lipinski definition) is 3. The lowest BCUT2D eigenvalue weighted by Crippen LogP contribution is -2.72. The molecule has 2 unspecified atom stereocenters. The lowest BCUT2D eigenvalue weighted by molar-refractivity contribution is -0.627. The summed E-state index contributed by atoms with van der Waals surface area (Å²) in [6, 6.07) is 0. The number of hydrogen-bond donors (Lipinski definition) is 1. The fraction of sp³-hybridized carbons (Fsp3) is 1.00. The summed E-state index contributed by atoms with van der Waals surface area (Å²) >= 11 is 0. The van der Waals surface area contributed by atoms with Crippen LogP contribution in [0.15, 0.2) is 0 Å². The summed E-state index contributed by atoms with van der Waals surface area (Å²) in [5.74, 6) is -1.15. The molecule has 2 atom stereocenters. The van der Waals surface area contributed by atoms with Crippen molar-refractivity contribution in [2.45, 2.75) is 71.7 Å². The first-order chi connectivity index (χ1) is 6.83. The Labute approximate surface area is 92.7 Å². The van der Waals surface area contributed by atoms with Gasteiger partial charge in [-0.15, -0.1) is 0 Å². The molecule has 0 aromatic rings. The highest BCUT2D eigenvalue weighted by Crippen LogP contribution is 2.53. The van der Waals surface area contributed by atoms with Gasteiger partial charge in [-0.1, -0.05) is 47.5 Å². The Bertz CT molecular complexity index is 217. The summed E-state index contributed by atoms with van der Waals surface area (Å²) in [5.41, 5.74) is -0.837. The maximum absolute atomic E-state index is 10.5. The van der Waals surface area contributed by atoms with E-state index < -0.39 is 11.4 Å². The average molecular weight is 216 g/mol. The predicted molar refractivity (Wildman–Crippen MR) is 59.1 cm³/mol. The summed E-state index contributed by atoms with van der Waals surface area (Å²) in [6.07, 6.45) is 3.79. The molecule has 1 heterocycles. The van der Waals surface area contributed by atoms with E-state index in [1.165, 1.54) is 0 Å². The van der Waals surface area contributed by atoms with Gasteiger partial charge in [0, 0.05) is 5.41 Å². The van der Waals surface area contributed by atoms with Crippen molar-refractivity contribution in [3.63, 3.8) is 0 Å². The van der Waals surface area contributed by atoms with Crippen LogP contribution in [0.4, 0.5) is 0 Å². The Morgan fingerprint density at radius 3 is 2.00 bits per heavy atom. The average Bonchev–Trinajstić information content (AvgIpc) is 2.15. The quantitative estimate of drug-likeness (QED) is 0.734. The van der Waals surface area contributed by atoms with E-state index in [2.05, 4.69) is 6.92 Å². The zero-order chi connectivity index (χ0) is 11.7. The second kappa shape index (κ2) is 4.04. The van der Waals surface area contributed by atoms with E-state index in [1.54, 1.807) is 0 Å². The van der Waals surface area contributed by atoms with Gasteiger partial charge < -0.3 is 5.11 Å². The number of unbranched alkanes of at least 4 members (excludes halogenated alkanes) is 1. The molecule has 0 amide bonds. The Hall–Kier alpha value is -0.120. The zero-order valence-corrected chi connectivity index (χ0v) is 10.6. The molecule has 0 saturated carbocycles. The van der Waals surface area contributed by atoms with Crippen molar-refractivity contribution in [1.82, 2.24) is 0 Å². The van der Waals surface area contributed by atoms with Gasteiger partial charge in [0.05, 0.1) is 0 Å². The van der Waals surface area contributed by atoms with Crippen LogP contribution in [-0.4, -0.2) is 16.5 Å². The summed E-state index contributed by atoms with van der Waals surface area (Å²) in [7, 11) is 0. The monoisotopic (exact) mass is 216 g/mol. The second-order valence-electron chi connectivity index (χ2n) is 5.51. The van der Waals surface area contributed by atoms with Crippen molar-refractivity contribution in [1.29, 1.82) is 0 Å². The standard InChI is InChI=1S/C12H24O3/c1-6-8-9-11(7-2)12(13,15-14-11)10(3,4)5/h13H,6-9H2,1-5H3. The van der Waals surface area contributed by atoms with Crippen LogP contribution in [0.2, 0.25) is 0 Å². The first-order valence-corrected chi connectivity index (χ1v) is 5.92. The highest BCUT2D eigenvalue weighted by atomic mass is 17.3. The third-order valence-corrected chi connectivity index (χ3v) is 3.46. The minimum atomic E-state index is -1.15. The molecule has 15 heavy (non-hydrogen) atoms. The van der Waals surface area contributed by atoms with E-state index in [-0.39, 0.29) is 5.41 Å². The van der Waals surface area contributed by atoms with Crippen LogP contribution in [0.25, 0.3) is 0 Å². The van der Waals surface area contributed by atoms with Gasteiger partial charge in [-0.3, -0.25) is 0 Å². The van der Waals surface area contributed by atoms with Gasteiger partial charge in [-0.2, -0.15) is 4.89 Å². The molecule has 90 valence electrons. The summed E-state index contributed by atoms with van der Waals surface area (Å²) in [5, 5.41) is 10.5. The molecule has 0 aliphatic carbocycles. The van der Waals surface area contributed by atoms with Crippen molar-refractivity contribution in [3.8, 4) is 0 Å². The SMILES string of the molecule is CCCCC1(CC)OOC1(O)C(C)(C)C. The van der Waals surface area contributed by atoms with Crippen LogP contribution in [0.3, 0.4) is 0 Å². The first kappa shape index (κ1) is 12.9. The molecule has 1 saturated heterocycles. The smallest absolute Gasteiger partial charge is 0.236 e. The number of aliphatic hydroxyl groups is 1. The maximum atomic E-state index is 10.5. The molecule has 1 aliphatic rings. The van der Waals surface area contributed by atoms with E-state index in [0.717, 1.165) is 25.7 Å². The van der Waals surface area contributed by atoms with Gasteiger partial charge in [-0.25, -0.2) is 4.89 Å². The fourth-order valence-electron chi connectivity index (χ4n) is 2.20. The molecular weight excluding hydrogens is 192 g/mol. The highest BCUT2D eigenvalue weighted by molar-refractivity contribution is 5.03. The Kier molecular flexibility index (Phi) is 3.49. The van der Waals surface area contributed by atoms with Crippen molar-refractivity contribution in [2.24, 2.45) is 5.41 Å². The lowest BCUT2D eigenvalue weighted by Gasteiger charge is -2.58. The van der Waals surface area contributed by atoms with Gasteiger partial charge in [-0.05, 0) is 12.8 Å². The van der Waals surface area contributed by atoms with E-state index in [4.69, 9.17) is 9.78 Å². The largest absolute Gasteiger partial charge is 0.361 e. The van der Waals surface area contributed by atoms with E-state index in [0.29, 0.717) is 0 Å². The summed E-state index contributed by atoms with van der Waals surface area (Å²) in [4.78, 5) is 10.3. The molecule has 1 fully saturated rings. The van der Waals surface area contributed by atoms with Gasteiger partial charge in [0.25, 0.3) is 0 Å². The molecule has 0 aromatic heterocycles. The fourth-order valence-corrected chi connectivity index (χ4v) is 2.20. The molecule has 3 nitrogen and oxygen atoms in total. The highest BCUT2D eigenvalue weighted by Gasteiger charge is 2.67. The minimum absolute atomic E-state index is 0.324. The van der Waals surface area contributed by atoms with Crippen molar-refractivity contribution >= 4 is 0 Å². The molecule has 0 radical (unpaired) electrons. The molecule has 0 bridgehead atoms. The van der Waals surface area contributed by atoms with E-state index in [9.17, 15) is 5.11 Å². The molecule has 1 aliphatic heterocycles. The van der Waals surface area contributed by atoms with Gasteiger partial charge >= 0.3 is 0 Å². The van der Waals surface area contributed by atoms with Gasteiger partial charge in [0.1, 0.15) is 0 Å². The second-order valence-corrected chi connectivity index (χ2v) is 5.51. The molecule has 0 spiro atoms. The minimum Gasteiger partial charge on any atom is -0.361 e. The van der Waals surface area contributed by atoms with E-state index in [1.807, 2.05) is 27.7 Å².